The molecule has 3 heterocycles. The summed E-state index contributed by atoms with van der Waals surface area (Å²) in [7, 11) is 3.97. The van der Waals surface area contributed by atoms with Gasteiger partial charge in [-0.1, -0.05) is 0 Å². The van der Waals surface area contributed by atoms with E-state index >= 15 is 0 Å². The second-order valence-corrected chi connectivity index (χ2v) is 6.88. The number of aromatic nitrogens is 4. The molecule has 0 spiro atoms. The Labute approximate surface area is 158 Å². The van der Waals surface area contributed by atoms with Gasteiger partial charge in [0.2, 0.25) is 0 Å². The molecule has 0 saturated carbocycles. The molecule has 1 saturated heterocycles. The second-order valence-electron chi connectivity index (χ2n) is 6.88. The van der Waals surface area contributed by atoms with Crippen molar-refractivity contribution in [2.75, 3.05) is 25.5 Å². The summed E-state index contributed by atoms with van der Waals surface area (Å²) < 4.78 is 0. The number of aromatic amines is 1. The fraction of sp³-hybridized carbons (Fsp3) is 0.300. The van der Waals surface area contributed by atoms with Gasteiger partial charge in [0.05, 0.1) is 6.04 Å². The van der Waals surface area contributed by atoms with Gasteiger partial charge in [-0.2, -0.15) is 5.10 Å². The van der Waals surface area contributed by atoms with Crippen molar-refractivity contribution >= 4 is 11.6 Å². The van der Waals surface area contributed by atoms with Crippen molar-refractivity contribution in [2.24, 2.45) is 0 Å². The molecular formula is C20H22N6O. The quantitative estimate of drug-likeness (QED) is 0.772. The first-order chi connectivity index (χ1) is 13.1. The zero-order valence-corrected chi connectivity index (χ0v) is 15.5. The predicted octanol–water partition coefficient (Wildman–Crippen LogP) is 2.91. The summed E-state index contributed by atoms with van der Waals surface area (Å²) in [6.07, 6.45) is 5.27. The second kappa shape index (κ2) is 7.19. The summed E-state index contributed by atoms with van der Waals surface area (Å²) in [5.74, 6) is 1.39. The molecule has 0 radical (unpaired) electrons. The highest BCUT2D eigenvalue weighted by Gasteiger charge is 2.33. The fourth-order valence-electron chi connectivity index (χ4n) is 3.42. The average molecular weight is 362 g/mol. The third kappa shape index (κ3) is 3.40. The lowest BCUT2D eigenvalue weighted by Crippen LogP contribution is -2.31. The van der Waals surface area contributed by atoms with Gasteiger partial charge in [-0.15, -0.1) is 0 Å². The van der Waals surface area contributed by atoms with Crippen LogP contribution in [-0.2, 0) is 0 Å². The Morgan fingerprint density at radius 1 is 1.15 bits per heavy atom. The van der Waals surface area contributed by atoms with Crippen molar-refractivity contribution in [2.45, 2.75) is 18.9 Å². The summed E-state index contributed by atoms with van der Waals surface area (Å²) in [6, 6.07) is 11.4. The lowest BCUT2D eigenvalue weighted by Gasteiger charge is -2.23. The lowest BCUT2D eigenvalue weighted by atomic mass is 10.1. The van der Waals surface area contributed by atoms with Gasteiger partial charge in [-0.05, 0) is 49.2 Å². The first-order valence-electron chi connectivity index (χ1n) is 9.04. The predicted molar refractivity (Wildman–Crippen MR) is 103 cm³/mol. The van der Waals surface area contributed by atoms with E-state index in [2.05, 4.69) is 20.2 Å². The van der Waals surface area contributed by atoms with Gasteiger partial charge in [-0.25, -0.2) is 4.98 Å². The first-order valence-corrected chi connectivity index (χ1v) is 9.04. The highest BCUT2D eigenvalue weighted by Crippen LogP contribution is 2.32. The summed E-state index contributed by atoms with van der Waals surface area (Å²) in [5, 5.41) is 7.35. The molecule has 2 aromatic heterocycles. The molecular weight excluding hydrogens is 340 g/mol. The third-order valence-corrected chi connectivity index (χ3v) is 4.90. The Bertz CT molecular complexity index is 919. The van der Waals surface area contributed by atoms with Gasteiger partial charge in [0, 0.05) is 49.8 Å². The zero-order chi connectivity index (χ0) is 18.8. The van der Waals surface area contributed by atoms with E-state index in [1.54, 1.807) is 12.4 Å². The van der Waals surface area contributed by atoms with Gasteiger partial charge in [0.25, 0.3) is 5.91 Å². The van der Waals surface area contributed by atoms with E-state index in [1.807, 2.05) is 60.3 Å². The number of nitrogens with zero attached hydrogens (tertiary/aromatic N) is 5. The van der Waals surface area contributed by atoms with E-state index in [9.17, 15) is 4.79 Å². The molecule has 0 bridgehead atoms. The number of hydrogen-bond acceptors (Lipinski definition) is 5. The maximum Gasteiger partial charge on any atom is 0.254 e. The largest absolute Gasteiger partial charge is 0.378 e. The summed E-state index contributed by atoms with van der Waals surface area (Å²) in [5.41, 5.74) is 2.67. The van der Waals surface area contributed by atoms with Crippen LogP contribution in [0.3, 0.4) is 0 Å². The minimum Gasteiger partial charge on any atom is -0.378 e. The Morgan fingerprint density at radius 2 is 1.89 bits per heavy atom. The number of benzene rings is 1. The number of rotatable bonds is 4. The number of H-pyrrole nitrogens is 1. The maximum atomic E-state index is 13.0. The molecule has 138 valence electrons. The van der Waals surface area contributed by atoms with Crippen LogP contribution in [0.15, 0.2) is 48.8 Å². The molecule has 1 N–H and O–H groups in total. The van der Waals surface area contributed by atoms with E-state index < -0.39 is 0 Å². The number of hydrogen-bond donors (Lipinski definition) is 1. The molecule has 1 aliphatic heterocycles. The number of amides is 1. The Morgan fingerprint density at radius 3 is 2.59 bits per heavy atom. The molecule has 3 aromatic rings. The smallest absolute Gasteiger partial charge is 0.254 e. The minimum absolute atomic E-state index is 0.0321. The third-order valence-electron chi connectivity index (χ3n) is 4.90. The van der Waals surface area contributed by atoms with Crippen LogP contribution in [0.4, 0.5) is 5.69 Å². The number of anilines is 1. The van der Waals surface area contributed by atoms with Crippen LogP contribution >= 0.6 is 0 Å². The van der Waals surface area contributed by atoms with E-state index in [1.165, 1.54) is 0 Å². The first kappa shape index (κ1) is 17.2. The number of nitrogens with one attached hydrogen (secondary N) is 1. The van der Waals surface area contributed by atoms with Gasteiger partial charge in [0.1, 0.15) is 5.82 Å². The molecule has 1 aromatic carbocycles. The van der Waals surface area contributed by atoms with Crippen molar-refractivity contribution in [1.82, 2.24) is 25.1 Å². The van der Waals surface area contributed by atoms with Crippen LogP contribution in [0, 0.1) is 0 Å². The molecule has 4 rings (SSSR count). The minimum atomic E-state index is -0.0749. The van der Waals surface area contributed by atoms with Crippen molar-refractivity contribution in [1.29, 1.82) is 0 Å². The van der Waals surface area contributed by atoms with Crippen LogP contribution < -0.4 is 4.90 Å². The molecule has 7 heteroatoms. The van der Waals surface area contributed by atoms with E-state index in [4.69, 9.17) is 0 Å². The zero-order valence-electron chi connectivity index (χ0n) is 15.5. The van der Waals surface area contributed by atoms with Crippen LogP contribution in [0.5, 0.6) is 0 Å². The van der Waals surface area contributed by atoms with Crippen molar-refractivity contribution in [3.05, 3.63) is 60.2 Å². The number of pyridine rings is 1. The van der Waals surface area contributed by atoms with Crippen LogP contribution in [0.2, 0.25) is 0 Å². The summed E-state index contributed by atoms with van der Waals surface area (Å²) in [6.45, 7) is 0.726. The van der Waals surface area contributed by atoms with Crippen molar-refractivity contribution < 1.29 is 4.79 Å². The maximum absolute atomic E-state index is 13.0. The van der Waals surface area contributed by atoms with Gasteiger partial charge in [0.15, 0.2) is 5.82 Å². The molecule has 1 atom stereocenters. The topological polar surface area (TPSA) is 78.0 Å². The Kier molecular flexibility index (Phi) is 4.58. The van der Waals surface area contributed by atoms with Crippen molar-refractivity contribution in [3.63, 3.8) is 0 Å². The molecule has 0 unspecified atom stereocenters. The molecule has 27 heavy (non-hydrogen) atoms. The standard InChI is InChI=1S/C20H22N6O/c1-25(2)16-7-5-15(6-8-16)20(27)26-13-3-4-17(26)19-22-18(23-24-19)14-9-11-21-12-10-14/h5-12,17H,3-4,13H2,1-2H3,(H,22,23,24)/t17-/m1/s1. The SMILES string of the molecule is CN(C)c1ccc(C(=O)N2CCC[C@@H]2c2nc(-c3ccncc3)n[nH]2)cc1. The number of carbonyl (C=O) groups excluding carboxylic acids is 1. The van der Waals surface area contributed by atoms with Crippen LogP contribution in [-0.4, -0.2) is 51.6 Å². The van der Waals surface area contributed by atoms with Crippen molar-refractivity contribution in [3.8, 4) is 11.4 Å². The fourth-order valence-corrected chi connectivity index (χ4v) is 3.42. The van der Waals surface area contributed by atoms with Gasteiger partial charge in [-0.3, -0.25) is 14.9 Å². The Balaban J connectivity index is 1.55. The Hall–Kier alpha value is -3.22. The molecule has 0 aliphatic carbocycles. The molecule has 1 amide bonds. The van der Waals surface area contributed by atoms with Gasteiger partial charge >= 0.3 is 0 Å². The van der Waals surface area contributed by atoms with E-state index in [-0.39, 0.29) is 11.9 Å². The average Bonchev–Trinajstić information content (AvgIpc) is 3.37. The van der Waals surface area contributed by atoms with Crippen LogP contribution in [0.25, 0.3) is 11.4 Å². The number of likely N-dealkylation sites (tertiary alicyclic amines) is 1. The highest BCUT2D eigenvalue weighted by molar-refractivity contribution is 5.95. The van der Waals surface area contributed by atoms with E-state index in [0.717, 1.165) is 36.5 Å². The lowest BCUT2D eigenvalue weighted by molar-refractivity contribution is 0.0730. The van der Waals surface area contributed by atoms with Crippen LogP contribution in [0.1, 0.15) is 35.1 Å². The summed E-state index contributed by atoms with van der Waals surface area (Å²) >= 11 is 0. The molecule has 7 nitrogen and oxygen atoms in total. The van der Waals surface area contributed by atoms with E-state index in [0.29, 0.717) is 11.4 Å². The number of carbonyl (C=O) groups is 1. The highest BCUT2D eigenvalue weighted by atomic mass is 16.2. The van der Waals surface area contributed by atoms with Gasteiger partial charge < -0.3 is 9.80 Å². The molecule has 1 fully saturated rings. The normalized spacial score (nSPS) is 16.5. The monoisotopic (exact) mass is 362 g/mol. The molecule has 1 aliphatic rings. The summed E-state index contributed by atoms with van der Waals surface area (Å²) in [4.78, 5) is 25.6.